The summed E-state index contributed by atoms with van der Waals surface area (Å²) < 4.78 is 15.0. The van der Waals surface area contributed by atoms with Gasteiger partial charge < -0.3 is 5.32 Å². The van der Waals surface area contributed by atoms with Crippen molar-refractivity contribution in [2.75, 3.05) is 5.32 Å². The Morgan fingerprint density at radius 1 is 1.19 bits per heavy atom. The summed E-state index contributed by atoms with van der Waals surface area (Å²) in [5, 5.41) is 3.48. The third kappa shape index (κ3) is 3.34. The third-order valence-electron chi connectivity index (χ3n) is 4.33. The van der Waals surface area contributed by atoms with E-state index < -0.39 is 0 Å². The monoisotopic (exact) mass is 399 g/mol. The summed E-state index contributed by atoms with van der Waals surface area (Å²) >= 11 is 7.43. The minimum absolute atomic E-state index is 0.203. The predicted octanol–water partition coefficient (Wildman–Crippen LogP) is 5.72. The lowest BCUT2D eigenvalue weighted by atomic mass is 10.2. The Kier molecular flexibility index (Phi) is 4.45. The predicted molar refractivity (Wildman–Crippen MR) is 107 cm³/mol. The van der Waals surface area contributed by atoms with Crippen LogP contribution in [0.2, 0.25) is 5.02 Å². The van der Waals surface area contributed by atoms with Crippen LogP contribution in [0.5, 0.6) is 0 Å². The van der Waals surface area contributed by atoms with Gasteiger partial charge in [0.25, 0.3) is 5.91 Å². The van der Waals surface area contributed by atoms with Crippen molar-refractivity contribution in [3.8, 4) is 11.3 Å². The van der Waals surface area contributed by atoms with E-state index in [-0.39, 0.29) is 11.7 Å². The summed E-state index contributed by atoms with van der Waals surface area (Å²) in [4.78, 5) is 18.5. The number of fused-ring (bicyclic) bond motifs is 1. The Hall–Kier alpha value is -2.70. The van der Waals surface area contributed by atoms with Crippen molar-refractivity contribution in [1.29, 1.82) is 0 Å². The second-order valence-corrected chi connectivity index (χ2v) is 7.61. The maximum absolute atomic E-state index is 13.1. The van der Waals surface area contributed by atoms with E-state index >= 15 is 0 Å². The zero-order chi connectivity index (χ0) is 19.1. The zero-order valence-corrected chi connectivity index (χ0v) is 16.2. The Balaban J connectivity index is 1.63. The summed E-state index contributed by atoms with van der Waals surface area (Å²) in [5.41, 5.74) is 3.96. The first-order chi connectivity index (χ1) is 12.9. The average molecular weight is 400 g/mol. The molecule has 4 rings (SSSR count). The molecule has 0 fully saturated rings. The third-order valence-corrected chi connectivity index (χ3v) is 5.90. The Bertz CT molecular complexity index is 1160. The van der Waals surface area contributed by atoms with Crippen molar-refractivity contribution >= 4 is 39.5 Å². The van der Waals surface area contributed by atoms with E-state index in [1.165, 1.54) is 23.5 Å². The molecule has 2 aromatic heterocycles. The molecule has 2 aromatic carbocycles. The van der Waals surface area contributed by atoms with Gasteiger partial charge >= 0.3 is 0 Å². The maximum atomic E-state index is 13.1. The number of imidazole rings is 1. The molecule has 2 heterocycles. The first kappa shape index (κ1) is 17.7. The molecule has 27 heavy (non-hydrogen) atoms. The summed E-state index contributed by atoms with van der Waals surface area (Å²) in [6, 6.07) is 11.6. The van der Waals surface area contributed by atoms with Crippen LogP contribution in [0, 0.1) is 19.7 Å². The molecule has 136 valence electrons. The van der Waals surface area contributed by atoms with Gasteiger partial charge in [0.1, 0.15) is 10.7 Å². The lowest BCUT2D eigenvalue weighted by molar-refractivity contribution is 0.102. The number of anilines is 1. The minimum atomic E-state index is -0.286. The molecule has 0 radical (unpaired) electrons. The van der Waals surface area contributed by atoms with Crippen molar-refractivity contribution in [3.05, 3.63) is 75.6 Å². The summed E-state index contributed by atoms with van der Waals surface area (Å²) in [6.07, 6.45) is 1.86. The fraction of sp³-hybridized carbons (Fsp3) is 0.100. The van der Waals surface area contributed by atoms with Gasteiger partial charge in [-0.15, -0.1) is 0 Å². The van der Waals surface area contributed by atoms with Gasteiger partial charge in [0.15, 0.2) is 4.96 Å². The summed E-state index contributed by atoms with van der Waals surface area (Å²) in [5.74, 6) is -0.489. The molecule has 0 saturated carbocycles. The number of halogens is 2. The van der Waals surface area contributed by atoms with E-state index in [0.717, 1.165) is 22.5 Å². The number of carbonyl (C=O) groups excluding carboxylic acids is 1. The van der Waals surface area contributed by atoms with Crippen molar-refractivity contribution in [3.63, 3.8) is 0 Å². The number of amides is 1. The quantitative estimate of drug-likeness (QED) is 0.478. The van der Waals surface area contributed by atoms with Gasteiger partial charge in [-0.1, -0.05) is 29.0 Å². The molecule has 0 aliphatic rings. The van der Waals surface area contributed by atoms with Gasteiger partial charge in [-0.25, -0.2) is 9.37 Å². The van der Waals surface area contributed by atoms with Gasteiger partial charge in [0.05, 0.1) is 5.69 Å². The molecule has 1 amide bonds. The molecular weight excluding hydrogens is 385 g/mol. The number of hydrogen-bond donors (Lipinski definition) is 1. The normalized spacial score (nSPS) is 11.1. The number of hydrogen-bond acceptors (Lipinski definition) is 3. The van der Waals surface area contributed by atoms with Crippen LogP contribution < -0.4 is 5.32 Å². The van der Waals surface area contributed by atoms with E-state index in [0.29, 0.717) is 20.5 Å². The number of aryl methyl sites for hydroxylation is 2. The van der Waals surface area contributed by atoms with Crippen molar-refractivity contribution in [1.82, 2.24) is 9.38 Å². The van der Waals surface area contributed by atoms with Crippen LogP contribution in [0.4, 0.5) is 10.1 Å². The standard InChI is InChI=1S/C20H15ClFN3OS/c1-11-3-8-15(9-16(11)21)23-19(26)18-12(2)25-10-17(24-20(25)27-18)13-4-6-14(22)7-5-13/h3-10H,1-2H3,(H,23,26). The summed E-state index contributed by atoms with van der Waals surface area (Å²) in [7, 11) is 0. The maximum Gasteiger partial charge on any atom is 0.267 e. The molecule has 0 unspecified atom stereocenters. The van der Waals surface area contributed by atoms with Crippen molar-refractivity contribution in [2.45, 2.75) is 13.8 Å². The average Bonchev–Trinajstić information content (AvgIpc) is 3.18. The van der Waals surface area contributed by atoms with Gasteiger partial charge in [0, 0.05) is 28.2 Å². The molecular formula is C20H15ClFN3OS. The van der Waals surface area contributed by atoms with E-state index in [9.17, 15) is 9.18 Å². The molecule has 4 aromatic rings. The molecule has 0 spiro atoms. The second-order valence-electron chi connectivity index (χ2n) is 6.22. The minimum Gasteiger partial charge on any atom is -0.321 e. The number of nitrogens with one attached hydrogen (secondary N) is 1. The summed E-state index contributed by atoms with van der Waals surface area (Å²) in [6.45, 7) is 3.78. The molecule has 0 bridgehead atoms. The topological polar surface area (TPSA) is 46.4 Å². The van der Waals surface area contributed by atoms with Gasteiger partial charge in [0.2, 0.25) is 0 Å². The zero-order valence-electron chi connectivity index (χ0n) is 14.6. The largest absolute Gasteiger partial charge is 0.321 e. The number of thiazole rings is 1. The Morgan fingerprint density at radius 2 is 1.93 bits per heavy atom. The van der Waals surface area contributed by atoms with Crippen LogP contribution in [0.3, 0.4) is 0 Å². The highest BCUT2D eigenvalue weighted by molar-refractivity contribution is 7.19. The molecule has 4 nitrogen and oxygen atoms in total. The number of rotatable bonds is 3. The second kappa shape index (κ2) is 6.79. The first-order valence-electron chi connectivity index (χ1n) is 8.24. The number of carbonyl (C=O) groups is 1. The molecule has 1 N–H and O–H groups in total. The van der Waals surface area contributed by atoms with Crippen LogP contribution >= 0.6 is 22.9 Å². The SMILES string of the molecule is Cc1ccc(NC(=O)c2sc3nc(-c4ccc(F)cc4)cn3c2C)cc1Cl. The van der Waals surface area contributed by atoms with Crippen molar-refractivity contribution < 1.29 is 9.18 Å². The van der Waals surface area contributed by atoms with Crippen molar-refractivity contribution in [2.24, 2.45) is 0 Å². The number of aromatic nitrogens is 2. The smallest absolute Gasteiger partial charge is 0.267 e. The van der Waals surface area contributed by atoms with E-state index in [2.05, 4.69) is 10.3 Å². The van der Waals surface area contributed by atoms with Crippen LogP contribution in [0.25, 0.3) is 16.2 Å². The molecule has 0 saturated heterocycles. The molecule has 7 heteroatoms. The lowest BCUT2D eigenvalue weighted by Crippen LogP contribution is -2.12. The van der Waals surface area contributed by atoms with Crippen LogP contribution in [-0.2, 0) is 0 Å². The highest BCUT2D eigenvalue weighted by Crippen LogP contribution is 2.28. The van der Waals surface area contributed by atoms with E-state index in [1.807, 2.05) is 36.6 Å². The first-order valence-corrected chi connectivity index (χ1v) is 9.44. The number of benzene rings is 2. The number of nitrogens with zero attached hydrogens (tertiary/aromatic N) is 2. The molecule has 0 aliphatic carbocycles. The lowest BCUT2D eigenvalue weighted by Gasteiger charge is -2.06. The highest BCUT2D eigenvalue weighted by Gasteiger charge is 2.18. The van der Waals surface area contributed by atoms with Gasteiger partial charge in [-0.2, -0.15) is 0 Å². The fourth-order valence-corrected chi connectivity index (χ4v) is 3.96. The Labute approximate surface area is 164 Å². The molecule has 0 aliphatic heterocycles. The fourth-order valence-electron chi connectivity index (χ4n) is 2.78. The Morgan fingerprint density at radius 3 is 2.59 bits per heavy atom. The van der Waals surface area contributed by atoms with E-state index in [1.54, 1.807) is 18.2 Å². The highest BCUT2D eigenvalue weighted by atomic mass is 35.5. The van der Waals surface area contributed by atoms with Crippen LogP contribution in [0.15, 0.2) is 48.7 Å². The van der Waals surface area contributed by atoms with E-state index in [4.69, 9.17) is 11.6 Å². The molecule has 0 atom stereocenters. The van der Waals surface area contributed by atoms with Gasteiger partial charge in [-0.3, -0.25) is 9.20 Å². The van der Waals surface area contributed by atoms with Crippen LogP contribution in [0.1, 0.15) is 20.9 Å². The van der Waals surface area contributed by atoms with Crippen LogP contribution in [-0.4, -0.2) is 15.3 Å². The van der Waals surface area contributed by atoms with Gasteiger partial charge in [-0.05, 0) is 55.8 Å².